The van der Waals surface area contributed by atoms with Crippen LogP contribution in [0, 0.1) is 0 Å². The Hall–Kier alpha value is -2.49. The Labute approximate surface area is 201 Å². The molecule has 3 N–H and O–H groups in total. The molecule has 0 fully saturated rings. The minimum absolute atomic E-state index is 0.180. The largest absolute Gasteiger partial charge is 0.457 e. The second kappa shape index (κ2) is 11.3. The van der Waals surface area contributed by atoms with E-state index in [0.29, 0.717) is 16.3 Å². The monoisotopic (exact) mass is 503 g/mol. The molecular weight excluding hydrogens is 475 g/mol. The van der Waals surface area contributed by atoms with E-state index >= 15 is 0 Å². The van der Waals surface area contributed by atoms with Crippen LogP contribution in [0.1, 0.15) is 51.2 Å². The van der Waals surface area contributed by atoms with E-state index in [1.165, 1.54) is 18.2 Å². The van der Waals surface area contributed by atoms with Gasteiger partial charge in [0.05, 0.1) is 24.3 Å². The van der Waals surface area contributed by atoms with Gasteiger partial charge >= 0.3 is 12.3 Å². The van der Waals surface area contributed by atoms with Crippen molar-refractivity contribution in [3.8, 4) is 11.5 Å². The van der Waals surface area contributed by atoms with Crippen LogP contribution in [0.15, 0.2) is 42.5 Å². The predicted octanol–water partition coefficient (Wildman–Crippen LogP) is 5.89. The summed E-state index contributed by atoms with van der Waals surface area (Å²) in [5.41, 5.74) is -0.808. The second-order valence-electron chi connectivity index (χ2n) is 8.95. The number of nitrogens with one attached hydrogen (secondary N) is 1. The number of benzene rings is 2. The average Bonchev–Trinajstić information content (AvgIpc) is 2.70. The highest BCUT2D eigenvalue weighted by atomic mass is 35.5. The van der Waals surface area contributed by atoms with Crippen molar-refractivity contribution >= 4 is 17.7 Å². The Balaban J connectivity index is 2.02. The number of carbonyl (C=O) groups excluding carboxylic acids is 1. The zero-order valence-corrected chi connectivity index (χ0v) is 20.1. The number of alkyl halides is 3. The van der Waals surface area contributed by atoms with Crippen LogP contribution in [-0.4, -0.2) is 40.7 Å². The fourth-order valence-corrected chi connectivity index (χ4v) is 3.55. The summed E-state index contributed by atoms with van der Waals surface area (Å²) in [7, 11) is 0. The highest BCUT2D eigenvalue weighted by molar-refractivity contribution is 6.31. The van der Waals surface area contributed by atoms with Gasteiger partial charge in [-0.05, 0) is 75.1 Å². The number of amides is 1. The summed E-state index contributed by atoms with van der Waals surface area (Å²) < 4.78 is 48.8. The maximum Gasteiger partial charge on any atom is 0.416 e. The lowest BCUT2D eigenvalue weighted by atomic mass is 9.92. The molecule has 0 spiro atoms. The van der Waals surface area contributed by atoms with Crippen LogP contribution in [0.4, 0.5) is 18.0 Å². The third-order valence-electron chi connectivity index (χ3n) is 4.88. The lowest BCUT2D eigenvalue weighted by Crippen LogP contribution is -2.47. The van der Waals surface area contributed by atoms with E-state index in [9.17, 15) is 28.2 Å². The maximum atomic E-state index is 12.7. The molecule has 34 heavy (non-hydrogen) atoms. The Morgan fingerprint density at radius 3 is 2.18 bits per heavy atom. The number of carbonyl (C=O) groups is 1. The molecule has 0 bridgehead atoms. The molecule has 3 unspecified atom stereocenters. The lowest BCUT2D eigenvalue weighted by Gasteiger charge is -2.27. The molecule has 0 aromatic heterocycles. The second-order valence-corrected chi connectivity index (χ2v) is 9.35. The molecule has 0 saturated heterocycles. The third-order valence-corrected chi connectivity index (χ3v) is 5.21. The number of rotatable bonds is 8. The summed E-state index contributed by atoms with van der Waals surface area (Å²) in [6, 6.07) is 8.19. The van der Waals surface area contributed by atoms with Crippen LogP contribution in [0.5, 0.6) is 11.5 Å². The Bertz CT molecular complexity index is 961. The van der Waals surface area contributed by atoms with Gasteiger partial charge in [-0.1, -0.05) is 24.6 Å². The number of ether oxygens (including phenoxy) is 2. The molecule has 10 heteroatoms. The molecule has 0 aliphatic heterocycles. The zero-order chi connectivity index (χ0) is 25.7. The van der Waals surface area contributed by atoms with Crippen LogP contribution in [0.3, 0.4) is 0 Å². The molecule has 1 amide bonds. The molecule has 2 aromatic rings. The van der Waals surface area contributed by atoms with Gasteiger partial charge in [0.1, 0.15) is 17.1 Å². The topological polar surface area (TPSA) is 88.0 Å². The fourth-order valence-electron chi connectivity index (χ4n) is 3.19. The molecule has 3 atom stereocenters. The molecule has 6 nitrogen and oxygen atoms in total. The van der Waals surface area contributed by atoms with E-state index in [4.69, 9.17) is 21.1 Å². The van der Waals surface area contributed by atoms with Crippen LogP contribution < -0.4 is 10.1 Å². The molecule has 0 radical (unpaired) electrons. The van der Waals surface area contributed by atoms with Crippen molar-refractivity contribution in [1.82, 2.24) is 5.32 Å². The Morgan fingerprint density at radius 1 is 1.09 bits per heavy atom. The van der Waals surface area contributed by atoms with E-state index in [1.807, 2.05) is 6.92 Å². The fraction of sp³-hybridized carbons (Fsp3) is 0.458. The predicted molar refractivity (Wildman–Crippen MR) is 122 cm³/mol. The normalized spacial score (nSPS) is 14.8. The molecule has 0 saturated carbocycles. The van der Waals surface area contributed by atoms with Gasteiger partial charge in [0, 0.05) is 5.02 Å². The highest BCUT2D eigenvalue weighted by Crippen LogP contribution is 2.34. The highest BCUT2D eigenvalue weighted by Gasteiger charge is 2.30. The molecule has 0 aliphatic carbocycles. The number of hydrogen-bond donors (Lipinski definition) is 3. The van der Waals surface area contributed by atoms with Crippen molar-refractivity contribution < 1.29 is 37.7 Å². The molecular formula is C24H29ClF3NO5. The standard InChI is InChI=1S/C24H29ClF3NO5/c1-14(11-21(31)20(13-30)29-22(32)34-23(2,3)4)18-10-9-17(12-19(18)25)33-16-7-5-15(6-8-16)24(26,27)28/h5-10,12,14,20-21,30-31H,11,13H2,1-4H3,(H,29,32). The zero-order valence-electron chi connectivity index (χ0n) is 19.3. The minimum atomic E-state index is -4.43. The van der Waals surface area contributed by atoms with E-state index < -0.39 is 42.2 Å². The Morgan fingerprint density at radius 2 is 1.68 bits per heavy atom. The smallest absolute Gasteiger partial charge is 0.416 e. The van der Waals surface area contributed by atoms with E-state index in [2.05, 4.69) is 5.32 Å². The summed E-state index contributed by atoms with van der Waals surface area (Å²) in [5.74, 6) is 0.303. The first-order chi connectivity index (χ1) is 15.7. The van der Waals surface area contributed by atoms with Gasteiger partial charge in [-0.2, -0.15) is 13.2 Å². The van der Waals surface area contributed by atoms with Crippen molar-refractivity contribution in [2.75, 3.05) is 6.61 Å². The number of hydrogen-bond acceptors (Lipinski definition) is 5. The maximum absolute atomic E-state index is 12.7. The molecule has 2 aromatic carbocycles. The van der Waals surface area contributed by atoms with Crippen molar-refractivity contribution in [2.45, 2.75) is 64.0 Å². The van der Waals surface area contributed by atoms with Crippen molar-refractivity contribution in [3.05, 3.63) is 58.6 Å². The van der Waals surface area contributed by atoms with Gasteiger partial charge in [0.15, 0.2) is 0 Å². The number of aliphatic hydroxyl groups excluding tert-OH is 2. The van der Waals surface area contributed by atoms with Gasteiger partial charge in [-0.3, -0.25) is 0 Å². The summed E-state index contributed by atoms with van der Waals surface area (Å²) >= 11 is 6.38. The van der Waals surface area contributed by atoms with Crippen molar-refractivity contribution in [1.29, 1.82) is 0 Å². The summed E-state index contributed by atoms with van der Waals surface area (Å²) in [5, 5.41) is 22.9. The van der Waals surface area contributed by atoms with E-state index in [-0.39, 0.29) is 18.1 Å². The van der Waals surface area contributed by atoms with Crippen LogP contribution in [-0.2, 0) is 10.9 Å². The summed E-state index contributed by atoms with van der Waals surface area (Å²) in [4.78, 5) is 12.0. The van der Waals surface area contributed by atoms with E-state index in [1.54, 1.807) is 32.9 Å². The van der Waals surface area contributed by atoms with Crippen LogP contribution in [0.25, 0.3) is 0 Å². The van der Waals surface area contributed by atoms with Crippen LogP contribution >= 0.6 is 11.6 Å². The number of alkyl carbamates (subject to hydrolysis) is 1. The van der Waals surface area contributed by atoms with Crippen molar-refractivity contribution in [3.63, 3.8) is 0 Å². The quantitative estimate of drug-likeness (QED) is 0.418. The number of halogens is 4. The van der Waals surface area contributed by atoms with Gasteiger partial charge in [0.2, 0.25) is 0 Å². The number of aliphatic hydroxyl groups is 2. The molecule has 0 aliphatic rings. The first kappa shape index (κ1) is 27.8. The Kier molecular flexibility index (Phi) is 9.22. The van der Waals surface area contributed by atoms with Gasteiger partial charge in [-0.25, -0.2) is 4.79 Å². The SMILES string of the molecule is CC(CC(O)C(CO)NC(=O)OC(C)(C)C)c1ccc(Oc2ccc(C(F)(F)F)cc2)cc1Cl. The average molecular weight is 504 g/mol. The van der Waals surface area contributed by atoms with Crippen LogP contribution in [0.2, 0.25) is 5.02 Å². The van der Waals surface area contributed by atoms with Gasteiger partial charge in [-0.15, -0.1) is 0 Å². The first-order valence-electron chi connectivity index (χ1n) is 10.6. The van der Waals surface area contributed by atoms with Gasteiger partial charge < -0.3 is 25.0 Å². The van der Waals surface area contributed by atoms with Crippen molar-refractivity contribution in [2.24, 2.45) is 0 Å². The summed E-state index contributed by atoms with van der Waals surface area (Å²) in [6.07, 6.45) is -6.07. The van der Waals surface area contributed by atoms with E-state index in [0.717, 1.165) is 12.1 Å². The first-order valence-corrected chi connectivity index (χ1v) is 11.0. The summed E-state index contributed by atoms with van der Waals surface area (Å²) in [6.45, 7) is 6.44. The third kappa shape index (κ3) is 8.38. The van der Waals surface area contributed by atoms with Gasteiger partial charge in [0.25, 0.3) is 0 Å². The molecule has 0 heterocycles. The molecule has 188 valence electrons. The lowest BCUT2D eigenvalue weighted by molar-refractivity contribution is -0.137. The molecule has 2 rings (SSSR count). The minimum Gasteiger partial charge on any atom is -0.457 e.